The van der Waals surface area contributed by atoms with E-state index in [4.69, 9.17) is 4.74 Å². The maximum Gasteiger partial charge on any atom is 0.340 e. The van der Waals surface area contributed by atoms with Crippen LogP contribution in [0.4, 0.5) is 10.1 Å². The maximum absolute atomic E-state index is 13.4. The van der Waals surface area contributed by atoms with Gasteiger partial charge in [-0.1, -0.05) is 0 Å². The summed E-state index contributed by atoms with van der Waals surface area (Å²) in [5.74, 6) is -2.11. The second-order valence-electron chi connectivity index (χ2n) is 2.98. The third-order valence-electron chi connectivity index (χ3n) is 1.95. The summed E-state index contributed by atoms with van der Waals surface area (Å²) in [7, 11) is 1.09. The van der Waals surface area contributed by atoms with Crippen molar-refractivity contribution in [1.29, 1.82) is 0 Å². The molecule has 0 N–H and O–H groups in total. The van der Waals surface area contributed by atoms with E-state index < -0.39 is 28.0 Å². The molecule has 92 valence electrons. The Hall–Kier alpha value is -2.18. The first-order valence-electron chi connectivity index (χ1n) is 4.70. The summed E-state index contributed by atoms with van der Waals surface area (Å²) in [4.78, 5) is 21.0. The van der Waals surface area contributed by atoms with Gasteiger partial charge in [0.1, 0.15) is 5.82 Å². The van der Waals surface area contributed by atoms with Gasteiger partial charge in [0.15, 0.2) is 5.75 Å². The molecule has 0 bridgehead atoms. The van der Waals surface area contributed by atoms with E-state index in [-0.39, 0.29) is 12.4 Å². The Labute approximate surface area is 96.1 Å². The van der Waals surface area contributed by atoms with Crippen LogP contribution in [0.3, 0.4) is 0 Å². The highest BCUT2D eigenvalue weighted by molar-refractivity contribution is 5.90. The SMILES string of the molecule is CCOc1cc(C(=O)OC)c(F)cc1[N+](=O)[O-]. The number of nitro groups is 1. The van der Waals surface area contributed by atoms with Crippen molar-refractivity contribution in [2.45, 2.75) is 6.92 Å². The zero-order valence-corrected chi connectivity index (χ0v) is 9.23. The van der Waals surface area contributed by atoms with Crippen LogP contribution in [0, 0.1) is 15.9 Å². The third-order valence-corrected chi connectivity index (χ3v) is 1.95. The largest absolute Gasteiger partial charge is 0.487 e. The van der Waals surface area contributed by atoms with Crippen molar-refractivity contribution in [3.63, 3.8) is 0 Å². The first kappa shape index (κ1) is 12.9. The number of methoxy groups -OCH3 is 1. The second kappa shape index (κ2) is 5.24. The molecular weight excluding hydrogens is 233 g/mol. The Kier molecular flexibility index (Phi) is 3.97. The zero-order valence-electron chi connectivity index (χ0n) is 9.23. The zero-order chi connectivity index (χ0) is 13.0. The number of ether oxygens (including phenoxy) is 2. The predicted molar refractivity (Wildman–Crippen MR) is 55.6 cm³/mol. The molecule has 7 heteroatoms. The van der Waals surface area contributed by atoms with Crippen LogP contribution in [0.5, 0.6) is 5.75 Å². The molecule has 17 heavy (non-hydrogen) atoms. The molecule has 0 spiro atoms. The fraction of sp³-hybridized carbons (Fsp3) is 0.300. The van der Waals surface area contributed by atoms with Crippen LogP contribution in [-0.4, -0.2) is 24.6 Å². The summed E-state index contributed by atoms with van der Waals surface area (Å²) < 4.78 is 22.7. The first-order valence-corrected chi connectivity index (χ1v) is 4.70. The summed E-state index contributed by atoms with van der Waals surface area (Å²) in [6.07, 6.45) is 0. The minimum absolute atomic E-state index is 0.160. The van der Waals surface area contributed by atoms with E-state index in [0.717, 1.165) is 13.2 Å². The number of halogens is 1. The van der Waals surface area contributed by atoms with Gasteiger partial charge in [0, 0.05) is 6.07 Å². The molecule has 1 rings (SSSR count). The number of nitro benzene ring substituents is 1. The molecule has 0 saturated heterocycles. The van der Waals surface area contributed by atoms with Gasteiger partial charge in [-0.05, 0) is 6.92 Å². The highest BCUT2D eigenvalue weighted by Gasteiger charge is 2.23. The van der Waals surface area contributed by atoms with Gasteiger partial charge in [0.2, 0.25) is 0 Å². The summed E-state index contributed by atoms with van der Waals surface area (Å²) in [5, 5.41) is 10.6. The van der Waals surface area contributed by atoms with Crippen LogP contribution < -0.4 is 4.74 Å². The topological polar surface area (TPSA) is 78.7 Å². The molecule has 0 atom stereocenters. The third kappa shape index (κ3) is 2.68. The number of carbonyl (C=O) groups is 1. The first-order chi connectivity index (χ1) is 8.01. The molecule has 1 aromatic carbocycles. The van der Waals surface area contributed by atoms with Crippen molar-refractivity contribution < 1.29 is 23.6 Å². The Bertz CT molecular complexity index is 460. The summed E-state index contributed by atoms with van der Waals surface area (Å²) in [6.45, 7) is 1.78. The molecule has 0 aliphatic rings. The summed E-state index contributed by atoms with van der Waals surface area (Å²) in [5.41, 5.74) is -0.932. The molecule has 0 aromatic heterocycles. The summed E-state index contributed by atoms with van der Waals surface area (Å²) >= 11 is 0. The number of rotatable bonds is 4. The number of benzene rings is 1. The Morgan fingerprint density at radius 1 is 1.53 bits per heavy atom. The number of esters is 1. The molecule has 0 saturated carbocycles. The average molecular weight is 243 g/mol. The average Bonchev–Trinajstić information content (AvgIpc) is 2.30. The molecule has 0 unspecified atom stereocenters. The smallest absolute Gasteiger partial charge is 0.340 e. The minimum Gasteiger partial charge on any atom is -0.487 e. The fourth-order valence-electron chi connectivity index (χ4n) is 1.22. The molecule has 0 heterocycles. The molecule has 0 fully saturated rings. The molecule has 0 aliphatic carbocycles. The van der Waals surface area contributed by atoms with Crippen LogP contribution in [0.15, 0.2) is 12.1 Å². The van der Waals surface area contributed by atoms with E-state index in [0.29, 0.717) is 6.07 Å². The molecule has 0 amide bonds. The van der Waals surface area contributed by atoms with Crippen molar-refractivity contribution >= 4 is 11.7 Å². The van der Waals surface area contributed by atoms with Crippen molar-refractivity contribution in [3.05, 3.63) is 33.6 Å². The van der Waals surface area contributed by atoms with Gasteiger partial charge >= 0.3 is 11.7 Å². The van der Waals surface area contributed by atoms with Gasteiger partial charge in [0.25, 0.3) is 0 Å². The van der Waals surface area contributed by atoms with Gasteiger partial charge in [-0.15, -0.1) is 0 Å². The van der Waals surface area contributed by atoms with Gasteiger partial charge < -0.3 is 9.47 Å². The normalized spacial score (nSPS) is 9.82. The Morgan fingerprint density at radius 3 is 2.65 bits per heavy atom. The van der Waals surface area contributed by atoms with Gasteiger partial charge in [-0.3, -0.25) is 10.1 Å². The van der Waals surface area contributed by atoms with E-state index in [9.17, 15) is 19.3 Å². The lowest BCUT2D eigenvalue weighted by atomic mass is 10.1. The van der Waals surface area contributed by atoms with Crippen LogP contribution in [0.2, 0.25) is 0 Å². The van der Waals surface area contributed by atoms with Gasteiger partial charge in [0.05, 0.1) is 30.3 Å². The predicted octanol–water partition coefficient (Wildman–Crippen LogP) is 1.92. The highest BCUT2D eigenvalue weighted by Crippen LogP contribution is 2.30. The summed E-state index contributed by atoms with van der Waals surface area (Å²) in [6, 6.07) is 1.60. The van der Waals surface area contributed by atoms with Crippen molar-refractivity contribution in [3.8, 4) is 5.75 Å². The molecule has 6 nitrogen and oxygen atoms in total. The van der Waals surface area contributed by atoms with Gasteiger partial charge in [-0.2, -0.15) is 0 Å². The lowest BCUT2D eigenvalue weighted by Gasteiger charge is -2.07. The van der Waals surface area contributed by atoms with E-state index in [1.54, 1.807) is 6.92 Å². The minimum atomic E-state index is -1.02. The molecule has 0 aliphatic heterocycles. The van der Waals surface area contributed by atoms with E-state index in [1.165, 1.54) is 0 Å². The van der Waals surface area contributed by atoms with Crippen LogP contribution in [-0.2, 0) is 4.74 Å². The Morgan fingerprint density at radius 2 is 2.18 bits per heavy atom. The Balaban J connectivity index is 3.34. The second-order valence-corrected chi connectivity index (χ2v) is 2.98. The molecule has 1 aromatic rings. The molecular formula is C10H10FNO5. The monoisotopic (exact) mass is 243 g/mol. The van der Waals surface area contributed by atoms with Crippen LogP contribution in [0.1, 0.15) is 17.3 Å². The number of nitrogens with zero attached hydrogens (tertiary/aromatic N) is 1. The van der Waals surface area contributed by atoms with E-state index in [2.05, 4.69) is 4.74 Å². The quantitative estimate of drug-likeness (QED) is 0.458. The van der Waals surface area contributed by atoms with Crippen LogP contribution >= 0.6 is 0 Å². The van der Waals surface area contributed by atoms with Crippen molar-refractivity contribution in [1.82, 2.24) is 0 Å². The van der Waals surface area contributed by atoms with E-state index >= 15 is 0 Å². The number of carbonyl (C=O) groups excluding carboxylic acids is 1. The van der Waals surface area contributed by atoms with Crippen LogP contribution in [0.25, 0.3) is 0 Å². The van der Waals surface area contributed by atoms with Crippen molar-refractivity contribution in [2.24, 2.45) is 0 Å². The van der Waals surface area contributed by atoms with Crippen molar-refractivity contribution in [2.75, 3.05) is 13.7 Å². The highest BCUT2D eigenvalue weighted by atomic mass is 19.1. The lowest BCUT2D eigenvalue weighted by Crippen LogP contribution is -2.07. The van der Waals surface area contributed by atoms with Gasteiger partial charge in [-0.25, -0.2) is 9.18 Å². The lowest BCUT2D eigenvalue weighted by molar-refractivity contribution is -0.386. The number of hydrogen-bond donors (Lipinski definition) is 0. The fourth-order valence-corrected chi connectivity index (χ4v) is 1.22. The maximum atomic E-state index is 13.4. The molecule has 0 radical (unpaired) electrons. The number of hydrogen-bond acceptors (Lipinski definition) is 5. The van der Waals surface area contributed by atoms with E-state index in [1.807, 2.05) is 0 Å². The standard InChI is InChI=1S/C10H10FNO5/c1-3-17-9-4-6(10(13)16-2)7(11)5-8(9)12(14)15/h4-5H,3H2,1-2H3.